The van der Waals surface area contributed by atoms with Gasteiger partial charge in [-0.25, -0.2) is 9.59 Å². The van der Waals surface area contributed by atoms with E-state index in [1.54, 1.807) is 0 Å². The number of aliphatic carboxylic acids is 2. The van der Waals surface area contributed by atoms with E-state index in [4.69, 9.17) is 30.0 Å². The zero-order valence-corrected chi connectivity index (χ0v) is 5.73. The molecule has 0 aromatic rings. The van der Waals surface area contributed by atoms with Crippen LogP contribution in [-0.2, 0) is 9.59 Å². The van der Waals surface area contributed by atoms with Gasteiger partial charge in [0.2, 0.25) is 0 Å². The third kappa shape index (κ3) is 17.7. The van der Waals surface area contributed by atoms with Gasteiger partial charge in [-0.15, -0.1) is 0 Å². The van der Waals surface area contributed by atoms with Gasteiger partial charge in [0.15, 0.2) is 0 Å². The van der Waals surface area contributed by atoms with Crippen LogP contribution in [0.1, 0.15) is 6.42 Å². The number of hydrogen-bond donors (Lipinski definition) is 4. The maximum absolute atomic E-state index is 9.10. The van der Waals surface area contributed by atoms with Crippen molar-refractivity contribution in [3.63, 3.8) is 0 Å². The van der Waals surface area contributed by atoms with Crippen LogP contribution >= 0.6 is 0 Å². The Labute approximate surface area is 62.7 Å². The van der Waals surface area contributed by atoms with Crippen LogP contribution in [0.15, 0.2) is 0 Å². The van der Waals surface area contributed by atoms with Crippen LogP contribution in [0.5, 0.6) is 0 Å². The molecule has 0 aliphatic heterocycles. The highest BCUT2D eigenvalue weighted by Gasteiger charge is 2.04. The van der Waals surface area contributed by atoms with Crippen molar-refractivity contribution >= 4 is 11.9 Å². The van der Waals surface area contributed by atoms with Crippen molar-refractivity contribution < 1.29 is 30.0 Å². The number of carboxylic acids is 2. The molecule has 0 aliphatic rings. The molecule has 0 amide bonds. The molecule has 6 heteroatoms. The average Bonchev–Trinajstić information content (AvgIpc) is 1.90. The molecule has 66 valence electrons. The summed E-state index contributed by atoms with van der Waals surface area (Å²) >= 11 is 0. The Kier molecular flexibility index (Phi) is 10.1. The van der Waals surface area contributed by atoms with Crippen molar-refractivity contribution in [2.75, 3.05) is 13.2 Å². The van der Waals surface area contributed by atoms with E-state index in [2.05, 4.69) is 0 Å². The Balaban J connectivity index is 0. The van der Waals surface area contributed by atoms with Crippen molar-refractivity contribution in [3.8, 4) is 0 Å². The lowest BCUT2D eigenvalue weighted by atomic mass is 10.5. The molecule has 0 saturated carbocycles. The summed E-state index contributed by atoms with van der Waals surface area (Å²) in [5.74, 6) is -3.65. The second kappa shape index (κ2) is 8.86. The number of hydrogen-bond acceptors (Lipinski definition) is 4. The van der Waals surface area contributed by atoms with Gasteiger partial charge in [0, 0.05) is 13.2 Å². The first-order valence-corrected chi connectivity index (χ1v) is 2.74. The smallest absolute Gasteiger partial charge is 0.414 e. The molecule has 0 heterocycles. The van der Waals surface area contributed by atoms with Gasteiger partial charge >= 0.3 is 11.9 Å². The molecule has 0 aliphatic carbocycles. The van der Waals surface area contributed by atoms with Gasteiger partial charge in [-0.3, -0.25) is 0 Å². The van der Waals surface area contributed by atoms with Crippen LogP contribution in [0.4, 0.5) is 0 Å². The molecular formula is C5H10O6. The topological polar surface area (TPSA) is 115 Å². The van der Waals surface area contributed by atoms with Crippen molar-refractivity contribution in [3.05, 3.63) is 0 Å². The molecule has 6 nitrogen and oxygen atoms in total. The normalized spacial score (nSPS) is 7.82. The number of aliphatic hydroxyl groups is 2. The first kappa shape index (κ1) is 12.5. The molecule has 0 aromatic carbocycles. The van der Waals surface area contributed by atoms with Crippen molar-refractivity contribution in [1.29, 1.82) is 0 Å². The predicted octanol–water partition coefficient (Wildman–Crippen LogP) is -1.48. The maximum Gasteiger partial charge on any atom is 0.414 e. The number of carbonyl (C=O) groups is 2. The molecule has 0 spiro atoms. The van der Waals surface area contributed by atoms with Crippen molar-refractivity contribution in [2.24, 2.45) is 0 Å². The summed E-state index contributed by atoms with van der Waals surface area (Å²) in [6, 6.07) is 0. The number of aliphatic hydroxyl groups excluding tert-OH is 2. The maximum atomic E-state index is 9.10. The standard InChI is InChI=1S/C3H8O2.C2H2O4/c4-2-1-3-5;3-1(4)2(5)6/h4-5H,1-3H2;(H,3,4)(H,5,6). The Hall–Kier alpha value is -1.14. The fourth-order valence-electron chi connectivity index (χ4n) is 0.0707. The van der Waals surface area contributed by atoms with E-state index in [1.807, 2.05) is 0 Å². The van der Waals surface area contributed by atoms with Crippen molar-refractivity contribution in [1.82, 2.24) is 0 Å². The van der Waals surface area contributed by atoms with E-state index in [1.165, 1.54) is 0 Å². The lowest BCUT2D eigenvalue weighted by Crippen LogP contribution is -2.09. The lowest BCUT2D eigenvalue weighted by molar-refractivity contribution is -0.159. The number of rotatable bonds is 2. The fourth-order valence-corrected chi connectivity index (χ4v) is 0.0707. The van der Waals surface area contributed by atoms with E-state index in [0.717, 1.165) is 0 Å². The van der Waals surface area contributed by atoms with Gasteiger partial charge in [0.05, 0.1) is 0 Å². The van der Waals surface area contributed by atoms with Gasteiger partial charge in [0.1, 0.15) is 0 Å². The molecule has 0 aromatic heterocycles. The van der Waals surface area contributed by atoms with Crippen LogP contribution in [0.25, 0.3) is 0 Å². The van der Waals surface area contributed by atoms with E-state index < -0.39 is 11.9 Å². The monoisotopic (exact) mass is 166 g/mol. The zero-order chi connectivity index (χ0) is 9.28. The van der Waals surface area contributed by atoms with E-state index in [0.29, 0.717) is 6.42 Å². The second-order valence-corrected chi connectivity index (χ2v) is 1.41. The van der Waals surface area contributed by atoms with Gasteiger partial charge in [-0.2, -0.15) is 0 Å². The molecule has 4 N–H and O–H groups in total. The second-order valence-electron chi connectivity index (χ2n) is 1.41. The summed E-state index contributed by atoms with van der Waals surface area (Å²) in [7, 11) is 0. The fraction of sp³-hybridized carbons (Fsp3) is 0.600. The van der Waals surface area contributed by atoms with E-state index in [9.17, 15) is 0 Å². The van der Waals surface area contributed by atoms with Crippen LogP contribution in [0, 0.1) is 0 Å². The molecule has 0 fully saturated rings. The largest absolute Gasteiger partial charge is 0.473 e. The molecule has 0 rings (SSSR count). The Bertz CT molecular complexity index is 106. The molecule has 0 radical (unpaired) electrons. The van der Waals surface area contributed by atoms with Gasteiger partial charge in [0.25, 0.3) is 0 Å². The van der Waals surface area contributed by atoms with E-state index >= 15 is 0 Å². The summed E-state index contributed by atoms with van der Waals surface area (Å²) in [5.41, 5.74) is 0. The summed E-state index contributed by atoms with van der Waals surface area (Å²) in [4.78, 5) is 18.2. The third-order valence-electron chi connectivity index (χ3n) is 0.499. The molecule has 11 heavy (non-hydrogen) atoms. The highest BCUT2D eigenvalue weighted by atomic mass is 16.4. The van der Waals surface area contributed by atoms with Gasteiger partial charge in [-0.05, 0) is 6.42 Å². The minimum absolute atomic E-state index is 0.0938. The molecule has 0 saturated heterocycles. The summed E-state index contributed by atoms with van der Waals surface area (Å²) in [5, 5.41) is 30.6. The van der Waals surface area contributed by atoms with Crippen molar-refractivity contribution in [2.45, 2.75) is 6.42 Å². The summed E-state index contributed by atoms with van der Waals surface area (Å²) in [6.07, 6.45) is 0.500. The minimum Gasteiger partial charge on any atom is -0.473 e. The van der Waals surface area contributed by atoms with Crippen LogP contribution in [-0.4, -0.2) is 45.6 Å². The Morgan fingerprint density at radius 3 is 1.18 bits per heavy atom. The predicted molar refractivity (Wildman–Crippen MR) is 34.1 cm³/mol. The minimum atomic E-state index is -1.82. The average molecular weight is 166 g/mol. The highest BCUT2D eigenvalue weighted by molar-refractivity contribution is 6.27. The molecule has 0 unspecified atom stereocenters. The molecular weight excluding hydrogens is 156 g/mol. The van der Waals surface area contributed by atoms with E-state index in [-0.39, 0.29) is 13.2 Å². The van der Waals surface area contributed by atoms with Crippen LogP contribution in [0.2, 0.25) is 0 Å². The van der Waals surface area contributed by atoms with Crippen LogP contribution in [0.3, 0.4) is 0 Å². The quantitative estimate of drug-likeness (QED) is 0.372. The zero-order valence-electron chi connectivity index (χ0n) is 5.73. The summed E-state index contributed by atoms with van der Waals surface area (Å²) < 4.78 is 0. The van der Waals surface area contributed by atoms with Crippen LogP contribution < -0.4 is 0 Å². The highest BCUT2D eigenvalue weighted by Crippen LogP contribution is 1.65. The van der Waals surface area contributed by atoms with Gasteiger partial charge < -0.3 is 20.4 Å². The molecule has 0 atom stereocenters. The first-order chi connectivity index (χ1) is 5.06. The Morgan fingerprint density at radius 1 is 0.909 bits per heavy atom. The lowest BCUT2D eigenvalue weighted by Gasteiger charge is -1.79. The third-order valence-corrected chi connectivity index (χ3v) is 0.499. The SMILES string of the molecule is O=C(O)C(=O)O.OCCCO. The Morgan fingerprint density at radius 2 is 1.18 bits per heavy atom. The first-order valence-electron chi connectivity index (χ1n) is 2.74. The number of carboxylic acid groups (broad SMARTS) is 2. The van der Waals surface area contributed by atoms with Gasteiger partial charge in [-0.1, -0.05) is 0 Å². The summed E-state index contributed by atoms with van der Waals surface area (Å²) in [6.45, 7) is 0.188. The molecule has 0 bridgehead atoms.